The zero-order chi connectivity index (χ0) is 15.3. The van der Waals surface area contributed by atoms with Crippen molar-refractivity contribution in [2.24, 2.45) is 0 Å². The van der Waals surface area contributed by atoms with Crippen LogP contribution in [0.2, 0.25) is 0 Å². The molecule has 0 amide bonds. The number of likely N-dealkylation sites (N-methyl/N-ethyl adjacent to an activating group) is 1. The summed E-state index contributed by atoms with van der Waals surface area (Å²) in [7, 11) is 3.78. The summed E-state index contributed by atoms with van der Waals surface area (Å²) in [6.45, 7) is 4.47. The average Bonchev–Trinajstić information content (AvgIpc) is 2.34. The minimum Gasteiger partial charge on any atom is -0.388 e. The van der Waals surface area contributed by atoms with Gasteiger partial charge in [0.2, 0.25) is 0 Å². The molecule has 0 bridgehead atoms. The lowest BCUT2D eigenvalue weighted by Crippen LogP contribution is -2.46. The van der Waals surface area contributed by atoms with E-state index in [9.17, 15) is 15.2 Å². The molecule has 0 heterocycles. The zero-order valence-corrected chi connectivity index (χ0v) is 12.5. The number of nitro groups is 1. The van der Waals surface area contributed by atoms with E-state index in [1.807, 2.05) is 25.9 Å². The van der Waals surface area contributed by atoms with E-state index >= 15 is 0 Å². The maximum absolute atomic E-state index is 11.0. The summed E-state index contributed by atoms with van der Waals surface area (Å²) in [6, 6.07) is 6.45. The molecular formula is C14H23N3O3. The molecule has 0 aliphatic carbocycles. The normalized spacial score (nSPS) is 15.9. The quantitative estimate of drug-likeness (QED) is 0.586. The second-order valence-corrected chi connectivity index (χ2v) is 5.65. The number of aliphatic hydroxyl groups is 1. The van der Waals surface area contributed by atoms with E-state index in [4.69, 9.17) is 0 Å². The molecule has 6 nitrogen and oxygen atoms in total. The zero-order valence-electron chi connectivity index (χ0n) is 12.5. The number of hydrogen-bond donors (Lipinski definition) is 2. The van der Waals surface area contributed by atoms with Gasteiger partial charge in [-0.15, -0.1) is 0 Å². The number of hydrogen-bond acceptors (Lipinski definition) is 5. The highest BCUT2D eigenvalue weighted by molar-refractivity contribution is 5.41. The van der Waals surface area contributed by atoms with Gasteiger partial charge in [-0.1, -0.05) is 18.2 Å². The van der Waals surface area contributed by atoms with Crippen LogP contribution in [0.5, 0.6) is 0 Å². The molecule has 0 aliphatic rings. The van der Waals surface area contributed by atoms with E-state index in [1.165, 1.54) is 6.07 Å². The van der Waals surface area contributed by atoms with Crippen molar-refractivity contribution in [1.29, 1.82) is 0 Å². The van der Waals surface area contributed by atoms with Crippen LogP contribution in [0.15, 0.2) is 24.3 Å². The molecule has 1 rings (SSSR count). The van der Waals surface area contributed by atoms with Gasteiger partial charge in [0.1, 0.15) is 0 Å². The Morgan fingerprint density at radius 2 is 2.05 bits per heavy atom. The van der Waals surface area contributed by atoms with E-state index in [1.54, 1.807) is 25.1 Å². The van der Waals surface area contributed by atoms with Crippen molar-refractivity contribution in [3.05, 3.63) is 39.9 Å². The van der Waals surface area contributed by atoms with Gasteiger partial charge in [0.15, 0.2) is 0 Å². The van der Waals surface area contributed by atoms with Crippen molar-refractivity contribution in [2.75, 3.05) is 27.2 Å². The molecule has 0 saturated heterocycles. The summed E-state index contributed by atoms with van der Waals surface area (Å²) >= 11 is 0. The summed E-state index contributed by atoms with van der Waals surface area (Å²) in [5.41, 5.74) is -0.167. The predicted octanol–water partition coefficient (Wildman–Crippen LogP) is 1.56. The first kappa shape index (κ1) is 16.6. The Morgan fingerprint density at radius 1 is 1.45 bits per heavy atom. The standard InChI is InChI=1S/C14H23N3O3/c1-11(15-9-14(2,18)10-16(3)4)12-7-5-6-8-13(12)17(19)20/h5-8,11,15,18H,9-10H2,1-4H3. The molecule has 0 fully saturated rings. The summed E-state index contributed by atoms with van der Waals surface area (Å²) in [5, 5.41) is 24.4. The number of nitro benzene ring substituents is 1. The molecular weight excluding hydrogens is 258 g/mol. The van der Waals surface area contributed by atoms with Crippen LogP contribution in [0.4, 0.5) is 5.69 Å². The van der Waals surface area contributed by atoms with E-state index in [-0.39, 0.29) is 16.7 Å². The minimum atomic E-state index is -0.888. The van der Waals surface area contributed by atoms with Crippen LogP contribution in [0, 0.1) is 10.1 Å². The third-order valence-corrected chi connectivity index (χ3v) is 3.05. The van der Waals surface area contributed by atoms with Gasteiger partial charge in [-0.25, -0.2) is 0 Å². The molecule has 20 heavy (non-hydrogen) atoms. The lowest BCUT2D eigenvalue weighted by Gasteiger charge is -2.28. The highest BCUT2D eigenvalue weighted by Crippen LogP contribution is 2.24. The van der Waals surface area contributed by atoms with E-state index < -0.39 is 5.60 Å². The van der Waals surface area contributed by atoms with Crippen LogP contribution in [0.25, 0.3) is 0 Å². The molecule has 2 N–H and O–H groups in total. The fraction of sp³-hybridized carbons (Fsp3) is 0.571. The van der Waals surface area contributed by atoms with Crippen LogP contribution in [0.1, 0.15) is 25.5 Å². The molecule has 0 spiro atoms. The maximum Gasteiger partial charge on any atom is 0.274 e. The van der Waals surface area contributed by atoms with E-state index in [2.05, 4.69) is 5.32 Å². The number of rotatable bonds is 7. The molecule has 2 atom stereocenters. The van der Waals surface area contributed by atoms with Crippen LogP contribution in [-0.4, -0.2) is 47.7 Å². The third-order valence-electron chi connectivity index (χ3n) is 3.05. The minimum absolute atomic E-state index is 0.0970. The van der Waals surface area contributed by atoms with Gasteiger partial charge in [-0.2, -0.15) is 0 Å². The van der Waals surface area contributed by atoms with Crippen LogP contribution < -0.4 is 5.32 Å². The van der Waals surface area contributed by atoms with Gasteiger partial charge in [-0.3, -0.25) is 10.1 Å². The first-order chi connectivity index (χ1) is 9.23. The molecule has 0 aromatic heterocycles. The average molecular weight is 281 g/mol. The van der Waals surface area contributed by atoms with Crippen molar-refractivity contribution in [1.82, 2.24) is 10.2 Å². The number of nitrogens with zero attached hydrogens (tertiary/aromatic N) is 2. The second kappa shape index (κ2) is 6.78. The maximum atomic E-state index is 11.0. The molecule has 1 aromatic rings. The van der Waals surface area contributed by atoms with Gasteiger partial charge in [0.25, 0.3) is 5.69 Å². The predicted molar refractivity (Wildman–Crippen MR) is 78.7 cm³/mol. The molecule has 0 radical (unpaired) electrons. The van der Waals surface area contributed by atoms with E-state index in [0.717, 1.165) is 0 Å². The Labute approximate surface area is 119 Å². The first-order valence-corrected chi connectivity index (χ1v) is 6.57. The van der Waals surface area contributed by atoms with Crippen molar-refractivity contribution in [3.63, 3.8) is 0 Å². The number of para-hydroxylation sites is 1. The summed E-state index contributed by atoms with van der Waals surface area (Å²) in [5.74, 6) is 0. The monoisotopic (exact) mass is 281 g/mol. The van der Waals surface area contributed by atoms with Crippen molar-refractivity contribution >= 4 is 5.69 Å². The van der Waals surface area contributed by atoms with Crippen LogP contribution in [-0.2, 0) is 0 Å². The topological polar surface area (TPSA) is 78.6 Å². The fourth-order valence-corrected chi connectivity index (χ4v) is 2.24. The summed E-state index contributed by atoms with van der Waals surface area (Å²) in [4.78, 5) is 12.5. The van der Waals surface area contributed by atoms with Crippen molar-refractivity contribution in [2.45, 2.75) is 25.5 Å². The molecule has 6 heteroatoms. The smallest absolute Gasteiger partial charge is 0.274 e. The fourth-order valence-electron chi connectivity index (χ4n) is 2.24. The highest BCUT2D eigenvalue weighted by atomic mass is 16.6. The van der Waals surface area contributed by atoms with Crippen LogP contribution >= 0.6 is 0 Å². The number of nitrogens with one attached hydrogen (secondary N) is 1. The molecule has 1 aromatic carbocycles. The van der Waals surface area contributed by atoms with Crippen LogP contribution in [0.3, 0.4) is 0 Å². The van der Waals surface area contributed by atoms with Crippen molar-refractivity contribution < 1.29 is 10.0 Å². The number of benzene rings is 1. The molecule has 0 aliphatic heterocycles. The molecule has 0 saturated carbocycles. The van der Waals surface area contributed by atoms with Crippen molar-refractivity contribution in [3.8, 4) is 0 Å². The molecule has 112 valence electrons. The molecule has 2 unspecified atom stereocenters. The van der Waals surface area contributed by atoms with Gasteiger partial charge >= 0.3 is 0 Å². The Balaban J connectivity index is 2.72. The Bertz CT molecular complexity index is 461. The van der Waals surface area contributed by atoms with E-state index in [0.29, 0.717) is 18.7 Å². The highest BCUT2D eigenvalue weighted by Gasteiger charge is 2.24. The van der Waals surface area contributed by atoms with Gasteiger partial charge in [-0.05, 0) is 27.9 Å². The summed E-state index contributed by atoms with van der Waals surface area (Å²) in [6.07, 6.45) is 0. The van der Waals surface area contributed by atoms with Gasteiger partial charge < -0.3 is 15.3 Å². The Morgan fingerprint density at radius 3 is 2.60 bits per heavy atom. The first-order valence-electron chi connectivity index (χ1n) is 6.57. The van der Waals surface area contributed by atoms with Gasteiger partial charge in [0, 0.05) is 30.8 Å². The SMILES string of the molecule is CC(NCC(C)(O)CN(C)C)c1ccccc1[N+](=O)[O-]. The third kappa shape index (κ3) is 4.88. The van der Waals surface area contributed by atoms with Gasteiger partial charge in [0.05, 0.1) is 10.5 Å². The second-order valence-electron chi connectivity index (χ2n) is 5.65. The summed E-state index contributed by atoms with van der Waals surface area (Å²) < 4.78 is 0. The lowest BCUT2D eigenvalue weighted by atomic mass is 10.0. The lowest BCUT2D eigenvalue weighted by molar-refractivity contribution is -0.385. The Kier molecular flexibility index (Phi) is 5.62. The largest absolute Gasteiger partial charge is 0.388 e. The Hall–Kier alpha value is -1.50.